The Hall–Kier alpha value is -3.23. The minimum Gasteiger partial charge on any atom is -0.477 e. The number of aromatic nitrogens is 2. The van der Waals surface area contributed by atoms with Crippen LogP contribution in [0.2, 0.25) is 0 Å². The lowest BCUT2D eigenvalue weighted by Gasteiger charge is -2.49. The first-order chi connectivity index (χ1) is 16.3. The van der Waals surface area contributed by atoms with Gasteiger partial charge in [-0.05, 0) is 11.6 Å². The van der Waals surface area contributed by atoms with Crippen LogP contribution < -0.4 is 15.6 Å². The Balaban J connectivity index is 1.49. The summed E-state index contributed by atoms with van der Waals surface area (Å²) in [7, 11) is 1.29. The molecule has 4 N–H and O–H groups in total. The Bertz CT molecular complexity index is 1230. The van der Waals surface area contributed by atoms with Gasteiger partial charge in [0.1, 0.15) is 29.9 Å². The number of carboxylic acids is 1. The molecule has 1 saturated heterocycles. The van der Waals surface area contributed by atoms with Crippen LogP contribution in [0, 0.1) is 6.92 Å². The Morgan fingerprint density at radius 1 is 1.47 bits per heavy atom. The van der Waals surface area contributed by atoms with Crippen molar-refractivity contribution in [2.24, 2.45) is 5.16 Å². The number of rotatable bonds is 8. The molecular formula is C20H21N6O5S3+. The number of allylic oxidation sites excluding steroid dienone is 2. The number of hydrogen-bond acceptors (Lipinski definition) is 10. The fourth-order valence-electron chi connectivity index (χ4n) is 3.55. The standard InChI is InChI=1S/C20H20N6O5S3/c1-10-25(6-7-32-10)5-3-4-11-8-33-18-14(17(28)26(18)15(11)19(29)30)23-16(27)13(24-31-2)12-9-34-20(21)22-12/h3-4,6-7,9,14,18H,5,8H2,1-2H3,(H3-,21,22,23,27,29,30)/p+1/b4-3+,24-13-/t14?,18-/m1/s1. The topological polar surface area (TPSA) is 151 Å². The largest absolute Gasteiger partial charge is 0.477 e. The monoisotopic (exact) mass is 521 g/mol. The summed E-state index contributed by atoms with van der Waals surface area (Å²) in [5.41, 5.74) is 6.21. The maximum atomic E-state index is 12.9. The number of carboxylic acid groups (broad SMARTS) is 1. The second-order valence-electron chi connectivity index (χ2n) is 7.21. The van der Waals surface area contributed by atoms with Gasteiger partial charge in [-0.3, -0.25) is 14.5 Å². The van der Waals surface area contributed by atoms with E-state index in [1.807, 2.05) is 29.1 Å². The first kappa shape index (κ1) is 23.9. The zero-order valence-corrected chi connectivity index (χ0v) is 20.6. The minimum absolute atomic E-state index is 0.0689. The predicted molar refractivity (Wildman–Crippen MR) is 128 cm³/mol. The third-order valence-electron chi connectivity index (χ3n) is 5.15. The molecule has 2 aromatic rings. The van der Waals surface area contributed by atoms with Crippen molar-refractivity contribution in [2.45, 2.75) is 24.9 Å². The number of nitrogens with zero attached hydrogens (tertiary/aromatic N) is 4. The van der Waals surface area contributed by atoms with Gasteiger partial charge in [-0.2, -0.15) is 4.57 Å². The summed E-state index contributed by atoms with van der Waals surface area (Å²) in [4.78, 5) is 47.7. The van der Waals surface area contributed by atoms with E-state index in [-0.39, 0.29) is 22.2 Å². The van der Waals surface area contributed by atoms with Crippen molar-refractivity contribution in [3.05, 3.63) is 51.1 Å². The van der Waals surface area contributed by atoms with E-state index in [2.05, 4.69) is 15.5 Å². The molecule has 11 nitrogen and oxygen atoms in total. The van der Waals surface area contributed by atoms with Gasteiger partial charge in [-0.1, -0.05) is 22.6 Å². The third-order valence-corrected chi connectivity index (χ3v) is 7.96. The summed E-state index contributed by atoms with van der Waals surface area (Å²) < 4.78 is 2.04. The summed E-state index contributed by atoms with van der Waals surface area (Å²) in [5.74, 6) is -1.98. The van der Waals surface area contributed by atoms with E-state index < -0.39 is 29.2 Å². The van der Waals surface area contributed by atoms with Crippen molar-refractivity contribution in [2.75, 3.05) is 18.6 Å². The molecule has 0 spiro atoms. The van der Waals surface area contributed by atoms with Gasteiger partial charge in [-0.25, -0.2) is 9.78 Å². The number of hydrogen-bond donors (Lipinski definition) is 3. The van der Waals surface area contributed by atoms with Gasteiger partial charge < -0.3 is 21.0 Å². The second-order valence-corrected chi connectivity index (χ2v) is 10.3. The molecule has 0 bridgehead atoms. The summed E-state index contributed by atoms with van der Waals surface area (Å²) in [6.07, 6.45) is 5.57. The number of β-lactam (4-membered cyclic amide) rings is 1. The van der Waals surface area contributed by atoms with Crippen LogP contribution in [0.5, 0.6) is 0 Å². The lowest BCUT2D eigenvalue weighted by Crippen LogP contribution is -2.71. The van der Waals surface area contributed by atoms with Gasteiger partial charge in [0.2, 0.25) is 5.01 Å². The number of nitrogens with one attached hydrogen (secondary N) is 1. The number of thiazole rings is 2. The molecule has 2 aliphatic heterocycles. The highest BCUT2D eigenvalue weighted by molar-refractivity contribution is 8.00. The average molecular weight is 522 g/mol. The van der Waals surface area contributed by atoms with Crippen LogP contribution in [0.15, 0.2) is 45.5 Å². The molecule has 0 aromatic carbocycles. The highest BCUT2D eigenvalue weighted by atomic mass is 32.2. The van der Waals surface area contributed by atoms with Crippen molar-refractivity contribution in [3.8, 4) is 0 Å². The van der Waals surface area contributed by atoms with Crippen LogP contribution in [-0.2, 0) is 25.8 Å². The molecule has 178 valence electrons. The molecule has 2 amide bonds. The SMILES string of the molecule is CO/N=C(\C(=O)NC1C(=O)N2C(C(=O)O)=C(/C=C/C[n+]3ccsc3C)CS[C@H]12)c1csc(N)n1. The van der Waals surface area contributed by atoms with Crippen LogP contribution in [0.25, 0.3) is 0 Å². The van der Waals surface area contributed by atoms with Crippen molar-refractivity contribution in [3.63, 3.8) is 0 Å². The third kappa shape index (κ3) is 4.56. The minimum atomic E-state index is -1.19. The number of fused-ring (bicyclic) bond motifs is 1. The summed E-state index contributed by atoms with van der Waals surface area (Å²) >= 11 is 4.14. The number of nitrogens with two attached hydrogens (primary N) is 1. The maximum absolute atomic E-state index is 12.9. The molecule has 14 heteroatoms. The lowest BCUT2D eigenvalue weighted by molar-refractivity contribution is -0.687. The van der Waals surface area contributed by atoms with Crippen LogP contribution in [0.1, 0.15) is 10.7 Å². The van der Waals surface area contributed by atoms with Gasteiger partial charge in [0, 0.05) is 18.1 Å². The van der Waals surface area contributed by atoms with E-state index in [0.29, 0.717) is 17.9 Å². The van der Waals surface area contributed by atoms with E-state index in [9.17, 15) is 19.5 Å². The molecule has 0 aliphatic carbocycles. The average Bonchev–Trinajstić information content (AvgIpc) is 3.42. The van der Waals surface area contributed by atoms with Crippen molar-refractivity contribution < 1.29 is 28.9 Å². The lowest BCUT2D eigenvalue weighted by atomic mass is 10.0. The molecule has 0 saturated carbocycles. The second kappa shape index (κ2) is 9.95. The quantitative estimate of drug-likeness (QED) is 0.199. The zero-order valence-electron chi connectivity index (χ0n) is 18.1. The molecule has 2 aliphatic rings. The highest BCUT2D eigenvalue weighted by Gasteiger charge is 2.54. The first-order valence-electron chi connectivity index (χ1n) is 9.96. The van der Waals surface area contributed by atoms with Crippen molar-refractivity contribution in [1.82, 2.24) is 15.2 Å². The summed E-state index contributed by atoms with van der Waals surface area (Å²) in [6, 6.07) is -0.903. The molecule has 0 radical (unpaired) electrons. The smallest absolute Gasteiger partial charge is 0.352 e. The number of nitrogen functional groups attached to an aromatic ring is 1. The van der Waals surface area contributed by atoms with Gasteiger partial charge in [0.15, 0.2) is 23.6 Å². The number of anilines is 1. The summed E-state index contributed by atoms with van der Waals surface area (Å²) in [5, 5.41) is 20.5. The van der Waals surface area contributed by atoms with E-state index in [4.69, 9.17) is 10.6 Å². The number of aliphatic carboxylic acids is 1. The summed E-state index contributed by atoms with van der Waals surface area (Å²) in [6.45, 7) is 2.59. The van der Waals surface area contributed by atoms with Crippen LogP contribution in [0.4, 0.5) is 5.13 Å². The zero-order chi connectivity index (χ0) is 24.4. The fraction of sp³-hybridized carbons (Fsp3) is 0.300. The van der Waals surface area contributed by atoms with Gasteiger partial charge in [0.05, 0.1) is 5.38 Å². The number of thioether (sulfide) groups is 1. The predicted octanol–water partition coefficient (Wildman–Crippen LogP) is 0.728. The number of carbonyl (C=O) groups is 3. The maximum Gasteiger partial charge on any atom is 0.352 e. The molecule has 2 atom stereocenters. The van der Waals surface area contributed by atoms with Crippen molar-refractivity contribution >= 4 is 63.1 Å². The van der Waals surface area contributed by atoms with E-state index >= 15 is 0 Å². The Kier molecular flexibility index (Phi) is 7.00. The molecule has 34 heavy (non-hydrogen) atoms. The molecule has 4 rings (SSSR count). The van der Waals surface area contributed by atoms with Gasteiger partial charge in [-0.15, -0.1) is 23.1 Å². The molecule has 4 heterocycles. The fourth-order valence-corrected chi connectivity index (χ4v) is 6.09. The van der Waals surface area contributed by atoms with Crippen molar-refractivity contribution in [1.29, 1.82) is 0 Å². The van der Waals surface area contributed by atoms with Crippen LogP contribution in [-0.4, -0.2) is 62.8 Å². The molecule has 1 unspecified atom stereocenters. The Morgan fingerprint density at radius 3 is 2.88 bits per heavy atom. The van der Waals surface area contributed by atoms with Crippen LogP contribution in [0.3, 0.4) is 0 Å². The Morgan fingerprint density at radius 2 is 2.26 bits per heavy atom. The number of amides is 2. The van der Waals surface area contributed by atoms with Crippen LogP contribution >= 0.6 is 34.4 Å². The first-order valence-corrected chi connectivity index (χ1v) is 12.8. The highest BCUT2D eigenvalue weighted by Crippen LogP contribution is 2.40. The Labute approximate surface area is 206 Å². The normalized spacial score (nSPS) is 20.4. The molecule has 2 aromatic heterocycles. The van der Waals surface area contributed by atoms with E-state index in [0.717, 1.165) is 16.3 Å². The number of carbonyl (C=O) groups excluding carboxylic acids is 2. The number of aryl methyl sites for hydroxylation is 1. The van der Waals surface area contributed by atoms with E-state index in [1.54, 1.807) is 22.8 Å². The van der Waals surface area contributed by atoms with Gasteiger partial charge in [0.25, 0.3) is 11.8 Å². The van der Waals surface area contributed by atoms with E-state index in [1.165, 1.54) is 23.8 Å². The number of oxime groups is 1. The molecular weight excluding hydrogens is 500 g/mol. The molecule has 1 fully saturated rings. The van der Waals surface area contributed by atoms with Gasteiger partial charge >= 0.3 is 5.97 Å².